The molecule has 3 N–H and O–H groups in total. The number of aliphatic carboxylic acids is 1. The van der Waals surface area contributed by atoms with Crippen LogP contribution in [0.25, 0.3) is 0 Å². The molecular formula is C18H27N7O5S. The SMILES string of the molecule is CC(=O)O.CO[C@@H]1CC[C@H](C(=O)NCCc2nccs2)C[C@H]1NC(=O)Cn1cnnn1. The fraction of sp³-hybridized carbons (Fsp3) is 0.611. The minimum Gasteiger partial charge on any atom is -0.481 e. The van der Waals surface area contributed by atoms with E-state index < -0.39 is 5.97 Å². The number of amides is 2. The summed E-state index contributed by atoms with van der Waals surface area (Å²) in [6.45, 7) is 1.68. The van der Waals surface area contributed by atoms with Crippen molar-refractivity contribution >= 4 is 29.1 Å². The van der Waals surface area contributed by atoms with Gasteiger partial charge in [0, 0.05) is 44.5 Å². The molecule has 2 amide bonds. The van der Waals surface area contributed by atoms with Crippen molar-refractivity contribution in [3.8, 4) is 0 Å². The Kier molecular flexibility index (Phi) is 9.97. The van der Waals surface area contributed by atoms with Crippen molar-refractivity contribution in [2.24, 2.45) is 5.92 Å². The van der Waals surface area contributed by atoms with Crippen molar-refractivity contribution in [1.29, 1.82) is 0 Å². The van der Waals surface area contributed by atoms with Crippen LogP contribution in [0.1, 0.15) is 31.2 Å². The van der Waals surface area contributed by atoms with Gasteiger partial charge in [0.15, 0.2) is 0 Å². The van der Waals surface area contributed by atoms with Crippen LogP contribution >= 0.6 is 11.3 Å². The number of hydrogen-bond acceptors (Lipinski definition) is 9. The summed E-state index contributed by atoms with van der Waals surface area (Å²) in [5, 5.41) is 27.0. The molecule has 1 aliphatic rings. The average molecular weight is 454 g/mol. The number of rotatable bonds is 8. The van der Waals surface area contributed by atoms with E-state index >= 15 is 0 Å². The number of ether oxygens (including phenoxy) is 1. The van der Waals surface area contributed by atoms with Crippen LogP contribution in [-0.2, 0) is 32.1 Å². The van der Waals surface area contributed by atoms with Crippen LogP contribution in [0, 0.1) is 5.92 Å². The maximum atomic E-state index is 12.5. The monoisotopic (exact) mass is 453 g/mol. The first-order valence-corrected chi connectivity index (χ1v) is 10.7. The molecule has 2 heterocycles. The fourth-order valence-electron chi connectivity index (χ4n) is 3.28. The Morgan fingerprint density at radius 2 is 2.13 bits per heavy atom. The lowest BCUT2D eigenvalue weighted by Crippen LogP contribution is -2.51. The summed E-state index contributed by atoms with van der Waals surface area (Å²) < 4.78 is 6.85. The number of carboxylic acid groups (broad SMARTS) is 1. The third-order valence-corrected chi connectivity index (χ3v) is 5.46. The molecule has 31 heavy (non-hydrogen) atoms. The van der Waals surface area contributed by atoms with Gasteiger partial charge in [0.2, 0.25) is 11.8 Å². The number of tetrazole rings is 1. The molecule has 13 heteroatoms. The van der Waals surface area contributed by atoms with Gasteiger partial charge in [-0.25, -0.2) is 9.67 Å². The third-order valence-electron chi connectivity index (χ3n) is 4.63. The molecule has 0 unspecified atom stereocenters. The molecule has 2 aromatic heterocycles. The number of carboxylic acids is 1. The standard InChI is InChI=1S/C16H23N7O3S.C2H4O2/c1-26-13-3-2-11(16(25)18-5-4-15-17-6-7-27-15)8-12(13)20-14(24)9-23-10-19-21-22-23;1-2(3)4/h6-7,10-13H,2-5,8-9H2,1H3,(H,18,25)(H,20,24);1H3,(H,3,4)/t11-,12+,13+;/m0./s1. The van der Waals surface area contributed by atoms with Crippen LogP contribution in [-0.4, -0.2) is 73.9 Å². The largest absolute Gasteiger partial charge is 0.481 e. The molecule has 170 valence electrons. The predicted molar refractivity (Wildman–Crippen MR) is 110 cm³/mol. The Bertz CT molecular complexity index is 811. The second-order valence-electron chi connectivity index (χ2n) is 6.95. The topological polar surface area (TPSA) is 161 Å². The van der Waals surface area contributed by atoms with Crippen LogP contribution in [0.5, 0.6) is 0 Å². The Hall–Kier alpha value is -2.93. The maximum Gasteiger partial charge on any atom is 0.300 e. The number of nitrogens with zero attached hydrogens (tertiary/aromatic N) is 5. The maximum absolute atomic E-state index is 12.5. The lowest BCUT2D eigenvalue weighted by molar-refractivity contribution is -0.134. The van der Waals surface area contributed by atoms with Gasteiger partial charge in [-0.1, -0.05) is 0 Å². The average Bonchev–Trinajstić information content (AvgIpc) is 3.41. The quantitative estimate of drug-likeness (QED) is 0.495. The van der Waals surface area contributed by atoms with E-state index in [1.807, 2.05) is 5.38 Å². The zero-order valence-electron chi connectivity index (χ0n) is 17.4. The Morgan fingerprint density at radius 3 is 2.74 bits per heavy atom. The van der Waals surface area contributed by atoms with E-state index in [-0.39, 0.29) is 36.4 Å². The zero-order valence-corrected chi connectivity index (χ0v) is 18.2. The van der Waals surface area contributed by atoms with Crippen LogP contribution in [0.2, 0.25) is 0 Å². The molecule has 1 saturated carbocycles. The summed E-state index contributed by atoms with van der Waals surface area (Å²) >= 11 is 1.58. The van der Waals surface area contributed by atoms with Crippen molar-refractivity contribution in [3.05, 3.63) is 22.9 Å². The van der Waals surface area contributed by atoms with E-state index in [1.165, 1.54) is 11.0 Å². The normalized spacial score (nSPS) is 20.3. The van der Waals surface area contributed by atoms with Gasteiger partial charge in [0.05, 0.1) is 17.2 Å². The van der Waals surface area contributed by atoms with E-state index in [2.05, 4.69) is 31.1 Å². The second kappa shape index (κ2) is 12.7. The summed E-state index contributed by atoms with van der Waals surface area (Å²) in [4.78, 5) is 37.9. The van der Waals surface area contributed by atoms with Crippen molar-refractivity contribution in [1.82, 2.24) is 35.8 Å². The van der Waals surface area contributed by atoms with E-state index in [0.717, 1.165) is 31.2 Å². The zero-order chi connectivity index (χ0) is 22.6. The highest BCUT2D eigenvalue weighted by Crippen LogP contribution is 2.26. The van der Waals surface area contributed by atoms with E-state index in [4.69, 9.17) is 14.6 Å². The molecule has 3 rings (SSSR count). The van der Waals surface area contributed by atoms with Gasteiger partial charge in [0.1, 0.15) is 12.9 Å². The van der Waals surface area contributed by atoms with Gasteiger partial charge in [0.25, 0.3) is 5.97 Å². The highest BCUT2D eigenvalue weighted by Gasteiger charge is 2.34. The van der Waals surface area contributed by atoms with Gasteiger partial charge in [-0.2, -0.15) is 0 Å². The number of hydrogen-bond donors (Lipinski definition) is 3. The van der Waals surface area contributed by atoms with E-state index in [0.29, 0.717) is 13.0 Å². The molecular weight excluding hydrogens is 426 g/mol. The van der Waals surface area contributed by atoms with Gasteiger partial charge >= 0.3 is 0 Å². The van der Waals surface area contributed by atoms with Crippen LogP contribution < -0.4 is 10.6 Å². The summed E-state index contributed by atoms with van der Waals surface area (Å²) in [6, 6.07) is -0.220. The molecule has 0 aliphatic heterocycles. The summed E-state index contributed by atoms with van der Waals surface area (Å²) in [5.41, 5.74) is 0. The van der Waals surface area contributed by atoms with Crippen LogP contribution in [0.15, 0.2) is 17.9 Å². The minimum atomic E-state index is -0.833. The fourth-order valence-corrected chi connectivity index (χ4v) is 3.90. The number of nitrogens with one attached hydrogen (secondary N) is 2. The Morgan fingerprint density at radius 1 is 1.35 bits per heavy atom. The van der Waals surface area contributed by atoms with Gasteiger partial charge < -0.3 is 20.5 Å². The molecule has 1 aliphatic carbocycles. The van der Waals surface area contributed by atoms with Crippen molar-refractivity contribution in [2.75, 3.05) is 13.7 Å². The molecule has 0 saturated heterocycles. The van der Waals surface area contributed by atoms with Crippen LogP contribution in [0.4, 0.5) is 0 Å². The number of thiazole rings is 1. The molecule has 0 aromatic carbocycles. The first-order chi connectivity index (χ1) is 14.9. The minimum absolute atomic E-state index is 0.0147. The van der Waals surface area contributed by atoms with Gasteiger partial charge in [-0.05, 0) is 29.7 Å². The molecule has 2 aromatic rings. The predicted octanol–water partition coefficient (Wildman–Crippen LogP) is -0.121. The molecule has 0 radical (unpaired) electrons. The van der Waals surface area contributed by atoms with Gasteiger partial charge in [-0.15, -0.1) is 16.4 Å². The van der Waals surface area contributed by atoms with Gasteiger partial charge in [-0.3, -0.25) is 14.4 Å². The van der Waals surface area contributed by atoms with E-state index in [9.17, 15) is 9.59 Å². The van der Waals surface area contributed by atoms with Crippen LogP contribution in [0.3, 0.4) is 0 Å². The molecule has 0 spiro atoms. The first kappa shape index (κ1) is 24.3. The number of carbonyl (C=O) groups is 3. The van der Waals surface area contributed by atoms with E-state index in [1.54, 1.807) is 24.6 Å². The Labute approximate surface area is 183 Å². The molecule has 12 nitrogen and oxygen atoms in total. The summed E-state index contributed by atoms with van der Waals surface area (Å²) in [5.74, 6) is -1.17. The summed E-state index contributed by atoms with van der Waals surface area (Å²) in [6.07, 6.45) is 5.76. The highest BCUT2D eigenvalue weighted by molar-refractivity contribution is 7.09. The third kappa shape index (κ3) is 8.76. The number of methoxy groups -OCH3 is 1. The molecule has 3 atom stereocenters. The smallest absolute Gasteiger partial charge is 0.300 e. The first-order valence-electron chi connectivity index (χ1n) is 9.77. The Balaban J connectivity index is 0.000000785. The van der Waals surface area contributed by atoms with Crippen molar-refractivity contribution in [3.63, 3.8) is 0 Å². The van der Waals surface area contributed by atoms with Crippen molar-refractivity contribution in [2.45, 2.75) is 51.3 Å². The van der Waals surface area contributed by atoms with Crippen molar-refractivity contribution < 1.29 is 24.2 Å². The molecule has 1 fully saturated rings. The number of aromatic nitrogens is 5. The highest BCUT2D eigenvalue weighted by atomic mass is 32.1. The summed E-state index contributed by atoms with van der Waals surface area (Å²) in [7, 11) is 1.62. The second-order valence-corrected chi connectivity index (χ2v) is 7.93. The lowest BCUT2D eigenvalue weighted by Gasteiger charge is -2.35. The molecule has 0 bridgehead atoms. The number of carbonyl (C=O) groups excluding carboxylic acids is 2. The lowest BCUT2D eigenvalue weighted by atomic mass is 9.83.